The van der Waals surface area contributed by atoms with Crippen molar-refractivity contribution in [3.63, 3.8) is 0 Å². The summed E-state index contributed by atoms with van der Waals surface area (Å²) in [6.07, 6.45) is 0. The Morgan fingerprint density at radius 1 is 1.24 bits per heavy atom. The zero-order valence-corrected chi connectivity index (χ0v) is 12.8. The molecule has 1 saturated heterocycles. The third-order valence-corrected chi connectivity index (χ3v) is 4.28. The number of ether oxygens (including phenoxy) is 1. The highest BCUT2D eigenvalue weighted by molar-refractivity contribution is 9.10. The number of halogens is 1. The van der Waals surface area contributed by atoms with Crippen LogP contribution in [0.15, 0.2) is 28.7 Å². The quantitative estimate of drug-likeness (QED) is 0.859. The molecule has 1 aliphatic rings. The van der Waals surface area contributed by atoms with Crippen molar-refractivity contribution in [2.24, 2.45) is 0 Å². The van der Waals surface area contributed by atoms with E-state index in [4.69, 9.17) is 4.74 Å². The summed E-state index contributed by atoms with van der Waals surface area (Å²) < 4.78 is 10.3. The Kier molecular flexibility index (Phi) is 3.88. The van der Waals surface area contributed by atoms with Gasteiger partial charge in [0.25, 0.3) is 0 Å². The van der Waals surface area contributed by atoms with Crippen LogP contribution in [0.1, 0.15) is 26.3 Å². The largest absolute Gasteiger partial charge is 0.377 e. The van der Waals surface area contributed by atoms with E-state index in [2.05, 4.69) is 65.7 Å². The van der Waals surface area contributed by atoms with E-state index in [0.717, 1.165) is 17.7 Å². The zero-order chi connectivity index (χ0) is 12.5. The zero-order valence-electron chi connectivity index (χ0n) is 10.4. The van der Waals surface area contributed by atoms with E-state index in [-0.39, 0.29) is 10.3 Å². The predicted octanol–water partition coefficient (Wildman–Crippen LogP) is 3.71. The van der Waals surface area contributed by atoms with E-state index in [9.17, 15) is 0 Å². The van der Waals surface area contributed by atoms with Crippen molar-refractivity contribution in [3.8, 4) is 0 Å². The van der Waals surface area contributed by atoms with Gasteiger partial charge >= 0.3 is 0 Å². The summed E-state index contributed by atoms with van der Waals surface area (Å²) in [4.78, 5) is 0. The standard InChI is InChI=1S/C13H18BrNOS/c1-12(2,3)17-15-13(8-16-9-13)10-4-6-11(14)7-5-10/h4-7,15H,8-9H2,1-3H3. The smallest absolute Gasteiger partial charge is 0.0997 e. The maximum atomic E-state index is 5.40. The van der Waals surface area contributed by atoms with Gasteiger partial charge in [0.05, 0.1) is 18.8 Å². The highest BCUT2D eigenvalue weighted by atomic mass is 79.9. The lowest BCUT2D eigenvalue weighted by molar-refractivity contribution is -0.0652. The molecule has 0 unspecified atom stereocenters. The van der Waals surface area contributed by atoms with Crippen molar-refractivity contribution in [2.45, 2.75) is 31.1 Å². The van der Waals surface area contributed by atoms with E-state index in [0.29, 0.717) is 0 Å². The van der Waals surface area contributed by atoms with Crippen LogP contribution in [0.5, 0.6) is 0 Å². The molecule has 0 aromatic heterocycles. The summed E-state index contributed by atoms with van der Waals surface area (Å²) in [6.45, 7) is 8.12. The fourth-order valence-electron chi connectivity index (χ4n) is 1.61. The van der Waals surface area contributed by atoms with Gasteiger partial charge in [-0.05, 0) is 38.5 Å². The SMILES string of the molecule is CC(C)(C)SNC1(c2ccc(Br)cc2)COC1. The Morgan fingerprint density at radius 3 is 2.24 bits per heavy atom. The highest BCUT2D eigenvalue weighted by Crippen LogP contribution is 2.35. The van der Waals surface area contributed by atoms with Gasteiger partial charge in [-0.15, -0.1) is 0 Å². The van der Waals surface area contributed by atoms with Crippen LogP contribution in [0.25, 0.3) is 0 Å². The fourth-order valence-corrected chi connectivity index (χ4v) is 2.61. The van der Waals surface area contributed by atoms with Crippen LogP contribution >= 0.6 is 27.9 Å². The van der Waals surface area contributed by atoms with Gasteiger partial charge in [-0.25, -0.2) is 4.72 Å². The molecule has 1 aromatic carbocycles. The Bertz CT molecular complexity index is 381. The van der Waals surface area contributed by atoms with Gasteiger partial charge in [-0.1, -0.05) is 40.0 Å². The molecule has 4 heteroatoms. The summed E-state index contributed by atoms with van der Waals surface area (Å²) in [6, 6.07) is 8.48. The molecule has 1 N–H and O–H groups in total. The average molecular weight is 316 g/mol. The van der Waals surface area contributed by atoms with Gasteiger partial charge in [0.2, 0.25) is 0 Å². The molecule has 1 aromatic rings. The van der Waals surface area contributed by atoms with Gasteiger partial charge in [-0.2, -0.15) is 0 Å². The van der Waals surface area contributed by atoms with Crippen LogP contribution in [0.4, 0.5) is 0 Å². The van der Waals surface area contributed by atoms with Crippen molar-refractivity contribution in [3.05, 3.63) is 34.3 Å². The summed E-state index contributed by atoms with van der Waals surface area (Å²) in [5.74, 6) is 0. The molecular formula is C13H18BrNOS. The molecule has 2 nitrogen and oxygen atoms in total. The first kappa shape index (κ1) is 13.4. The first-order chi connectivity index (χ1) is 7.91. The number of hydrogen-bond donors (Lipinski definition) is 1. The van der Waals surface area contributed by atoms with Crippen LogP contribution in [0, 0.1) is 0 Å². The number of nitrogens with one attached hydrogen (secondary N) is 1. The van der Waals surface area contributed by atoms with Gasteiger partial charge in [0.1, 0.15) is 0 Å². The second-order valence-electron chi connectivity index (χ2n) is 5.40. The molecule has 2 rings (SSSR count). The van der Waals surface area contributed by atoms with Crippen molar-refractivity contribution in [2.75, 3.05) is 13.2 Å². The fraction of sp³-hybridized carbons (Fsp3) is 0.538. The Balaban J connectivity index is 2.11. The molecule has 1 aliphatic heterocycles. The third-order valence-electron chi connectivity index (χ3n) is 2.65. The van der Waals surface area contributed by atoms with Crippen molar-refractivity contribution >= 4 is 27.9 Å². The first-order valence-electron chi connectivity index (χ1n) is 5.70. The average Bonchev–Trinajstić information content (AvgIpc) is 2.17. The van der Waals surface area contributed by atoms with Crippen molar-refractivity contribution < 1.29 is 4.74 Å². The predicted molar refractivity (Wildman–Crippen MR) is 77.1 cm³/mol. The normalized spacial score (nSPS) is 18.8. The Hall–Kier alpha value is -0.0300. The molecular weight excluding hydrogens is 298 g/mol. The van der Waals surface area contributed by atoms with Crippen molar-refractivity contribution in [1.82, 2.24) is 4.72 Å². The van der Waals surface area contributed by atoms with Crippen LogP contribution < -0.4 is 4.72 Å². The van der Waals surface area contributed by atoms with Crippen molar-refractivity contribution in [1.29, 1.82) is 0 Å². The molecule has 17 heavy (non-hydrogen) atoms. The van der Waals surface area contributed by atoms with E-state index >= 15 is 0 Å². The molecule has 0 aliphatic carbocycles. The molecule has 0 atom stereocenters. The molecule has 0 radical (unpaired) electrons. The number of rotatable bonds is 3. The highest BCUT2D eigenvalue weighted by Gasteiger charge is 2.41. The first-order valence-corrected chi connectivity index (χ1v) is 7.31. The summed E-state index contributed by atoms with van der Waals surface area (Å²) in [5, 5.41) is 0. The van der Waals surface area contributed by atoms with Crippen LogP contribution in [-0.2, 0) is 10.3 Å². The third kappa shape index (κ3) is 3.25. The Morgan fingerprint density at radius 2 is 1.82 bits per heavy atom. The van der Waals surface area contributed by atoms with Crippen LogP contribution in [0.3, 0.4) is 0 Å². The lowest BCUT2D eigenvalue weighted by atomic mass is 9.89. The minimum Gasteiger partial charge on any atom is -0.377 e. The topological polar surface area (TPSA) is 21.3 Å². The maximum Gasteiger partial charge on any atom is 0.0997 e. The molecule has 0 amide bonds. The summed E-state index contributed by atoms with van der Waals surface area (Å²) >= 11 is 5.24. The van der Waals surface area contributed by atoms with E-state index in [1.54, 1.807) is 11.9 Å². The minimum atomic E-state index is -0.0152. The van der Waals surface area contributed by atoms with E-state index < -0.39 is 0 Å². The second-order valence-corrected chi connectivity index (χ2v) is 7.95. The monoisotopic (exact) mass is 315 g/mol. The van der Waals surface area contributed by atoms with Gasteiger partial charge < -0.3 is 4.74 Å². The number of benzene rings is 1. The molecule has 0 bridgehead atoms. The summed E-state index contributed by atoms with van der Waals surface area (Å²) in [7, 11) is 0. The molecule has 94 valence electrons. The lowest BCUT2D eigenvalue weighted by Crippen LogP contribution is -2.55. The van der Waals surface area contributed by atoms with Gasteiger partial charge in [0.15, 0.2) is 0 Å². The molecule has 1 heterocycles. The lowest BCUT2D eigenvalue weighted by Gasteiger charge is -2.43. The molecule has 0 spiro atoms. The summed E-state index contributed by atoms with van der Waals surface area (Å²) in [5.41, 5.74) is 1.28. The van der Waals surface area contributed by atoms with E-state index in [1.807, 2.05) is 0 Å². The van der Waals surface area contributed by atoms with Crippen LogP contribution in [0.2, 0.25) is 0 Å². The Labute approximate surface area is 116 Å². The maximum absolute atomic E-state index is 5.40. The van der Waals surface area contributed by atoms with E-state index in [1.165, 1.54) is 5.56 Å². The minimum absolute atomic E-state index is 0.0152. The van der Waals surface area contributed by atoms with Crippen LogP contribution in [-0.4, -0.2) is 18.0 Å². The van der Waals surface area contributed by atoms with Gasteiger partial charge in [-0.3, -0.25) is 0 Å². The number of hydrogen-bond acceptors (Lipinski definition) is 3. The van der Waals surface area contributed by atoms with Gasteiger partial charge in [0, 0.05) is 9.22 Å². The molecule has 1 fully saturated rings. The second kappa shape index (κ2) is 4.92. The molecule has 0 saturated carbocycles.